The third-order valence-electron chi connectivity index (χ3n) is 3.21. The highest BCUT2D eigenvalue weighted by molar-refractivity contribution is 14.1. The van der Waals surface area contributed by atoms with Crippen molar-refractivity contribution >= 4 is 28.3 Å². The minimum Gasteiger partial charge on any atom is -0.497 e. The molecule has 2 aromatic rings. The number of rotatable bonds is 5. The molecule has 0 saturated heterocycles. The molecule has 112 valence electrons. The van der Waals surface area contributed by atoms with Crippen LogP contribution in [-0.2, 0) is 0 Å². The average molecular weight is 401 g/mol. The molecular formula is C16H17FINO2. The van der Waals surface area contributed by atoms with Crippen LogP contribution in [0, 0.1) is 9.39 Å². The van der Waals surface area contributed by atoms with Gasteiger partial charge >= 0.3 is 0 Å². The molecule has 2 rings (SSSR count). The van der Waals surface area contributed by atoms with Crippen LogP contribution < -0.4 is 14.8 Å². The van der Waals surface area contributed by atoms with Crippen LogP contribution in [0.5, 0.6) is 11.5 Å². The Morgan fingerprint density at radius 1 is 1.10 bits per heavy atom. The lowest BCUT2D eigenvalue weighted by atomic mass is 10.1. The zero-order valence-corrected chi connectivity index (χ0v) is 14.3. The maximum atomic E-state index is 13.1. The van der Waals surface area contributed by atoms with E-state index in [0.717, 1.165) is 26.3 Å². The van der Waals surface area contributed by atoms with Crippen molar-refractivity contribution in [3.05, 3.63) is 51.3 Å². The first-order chi connectivity index (χ1) is 10.0. The molecule has 1 unspecified atom stereocenters. The fourth-order valence-corrected chi connectivity index (χ4v) is 2.73. The summed E-state index contributed by atoms with van der Waals surface area (Å²) < 4.78 is 24.6. The van der Waals surface area contributed by atoms with Crippen LogP contribution in [0.1, 0.15) is 18.5 Å². The normalized spacial score (nSPS) is 11.9. The highest BCUT2D eigenvalue weighted by atomic mass is 127. The Bertz CT molecular complexity index is 634. The Morgan fingerprint density at radius 3 is 2.48 bits per heavy atom. The molecule has 0 radical (unpaired) electrons. The first kappa shape index (κ1) is 15.9. The SMILES string of the molecule is COc1ccc(C(C)Nc2ccc(F)cc2I)c(OC)c1. The fourth-order valence-electron chi connectivity index (χ4n) is 2.09. The van der Waals surface area contributed by atoms with Crippen LogP contribution >= 0.6 is 22.6 Å². The number of ether oxygens (including phenoxy) is 2. The second-order valence-electron chi connectivity index (χ2n) is 4.60. The molecule has 1 atom stereocenters. The van der Waals surface area contributed by atoms with Gasteiger partial charge in [-0.2, -0.15) is 0 Å². The molecule has 3 nitrogen and oxygen atoms in total. The summed E-state index contributed by atoms with van der Waals surface area (Å²) in [6.45, 7) is 2.03. The largest absolute Gasteiger partial charge is 0.497 e. The molecule has 0 aromatic heterocycles. The lowest BCUT2D eigenvalue weighted by Gasteiger charge is -2.20. The molecule has 0 aliphatic carbocycles. The Morgan fingerprint density at radius 2 is 1.86 bits per heavy atom. The van der Waals surface area contributed by atoms with Gasteiger partial charge in [0, 0.05) is 20.9 Å². The summed E-state index contributed by atoms with van der Waals surface area (Å²) in [7, 11) is 3.25. The van der Waals surface area contributed by atoms with Gasteiger partial charge in [0.25, 0.3) is 0 Å². The van der Waals surface area contributed by atoms with Crippen LogP contribution in [0.4, 0.5) is 10.1 Å². The van der Waals surface area contributed by atoms with Crippen molar-refractivity contribution in [1.82, 2.24) is 0 Å². The average Bonchev–Trinajstić information content (AvgIpc) is 2.49. The highest BCUT2D eigenvalue weighted by Gasteiger charge is 2.13. The lowest BCUT2D eigenvalue weighted by molar-refractivity contribution is 0.390. The molecule has 0 saturated carbocycles. The predicted octanol–water partition coefficient (Wildman–Crippen LogP) is 4.62. The van der Waals surface area contributed by atoms with E-state index in [1.54, 1.807) is 20.3 Å². The van der Waals surface area contributed by atoms with Crippen molar-refractivity contribution in [2.45, 2.75) is 13.0 Å². The van der Waals surface area contributed by atoms with Crippen molar-refractivity contribution in [3.8, 4) is 11.5 Å². The first-order valence-corrected chi connectivity index (χ1v) is 7.56. The molecule has 2 aromatic carbocycles. The van der Waals surface area contributed by atoms with Crippen molar-refractivity contribution in [1.29, 1.82) is 0 Å². The number of halogens is 2. The second-order valence-corrected chi connectivity index (χ2v) is 5.76. The van der Waals surface area contributed by atoms with E-state index in [1.165, 1.54) is 12.1 Å². The van der Waals surface area contributed by atoms with Crippen molar-refractivity contribution in [2.75, 3.05) is 19.5 Å². The molecule has 21 heavy (non-hydrogen) atoms. The quantitative estimate of drug-likeness (QED) is 0.742. The molecule has 0 spiro atoms. The van der Waals surface area contributed by atoms with Crippen LogP contribution in [0.2, 0.25) is 0 Å². The van der Waals surface area contributed by atoms with Crippen molar-refractivity contribution in [2.24, 2.45) is 0 Å². The van der Waals surface area contributed by atoms with Crippen molar-refractivity contribution < 1.29 is 13.9 Å². The summed E-state index contributed by atoms with van der Waals surface area (Å²) in [5, 5.41) is 3.37. The molecule has 0 aliphatic heterocycles. The summed E-state index contributed by atoms with van der Waals surface area (Å²) in [4.78, 5) is 0. The fraction of sp³-hybridized carbons (Fsp3) is 0.250. The van der Waals surface area contributed by atoms with E-state index in [4.69, 9.17) is 9.47 Å². The van der Waals surface area contributed by atoms with Gasteiger partial charge in [-0.1, -0.05) is 0 Å². The summed E-state index contributed by atoms with van der Waals surface area (Å²) in [6.07, 6.45) is 0. The number of anilines is 1. The van der Waals surface area contributed by atoms with Gasteiger partial charge in [-0.3, -0.25) is 0 Å². The van der Waals surface area contributed by atoms with Crippen LogP contribution in [-0.4, -0.2) is 14.2 Å². The topological polar surface area (TPSA) is 30.5 Å². The smallest absolute Gasteiger partial charge is 0.127 e. The van der Waals surface area contributed by atoms with Crippen LogP contribution in [0.3, 0.4) is 0 Å². The van der Waals surface area contributed by atoms with Crippen LogP contribution in [0.25, 0.3) is 0 Å². The van der Waals surface area contributed by atoms with Gasteiger partial charge in [-0.05, 0) is 59.8 Å². The number of benzene rings is 2. The zero-order chi connectivity index (χ0) is 15.4. The number of methoxy groups -OCH3 is 2. The standard InChI is InChI=1S/C16H17FINO2/c1-10(19-15-7-4-11(17)8-14(15)18)13-6-5-12(20-2)9-16(13)21-3/h4-10,19H,1-3H3. The second kappa shape index (κ2) is 6.98. The predicted molar refractivity (Wildman–Crippen MR) is 90.7 cm³/mol. The third-order valence-corrected chi connectivity index (χ3v) is 4.10. The molecule has 0 aliphatic rings. The Hall–Kier alpha value is -1.50. The zero-order valence-electron chi connectivity index (χ0n) is 12.1. The van der Waals surface area contributed by atoms with E-state index in [1.807, 2.05) is 25.1 Å². The molecule has 1 N–H and O–H groups in total. The molecule has 0 fully saturated rings. The third kappa shape index (κ3) is 3.78. The van der Waals surface area contributed by atoms with E-state index in [-0.39, 0.29) is 11.9 Å². The Kier molecular flexibility index (Phi) is 5.27. The monoisotopic (exact) mass is 401 g/mol. The maximum absolute atomic E-state index is 13.1. The summed E-state index contributed by atoms with van der Waals surface area (Å²) >= 11 is 2.11. The van der Waals surface area contributed by atoms with Gasteiger partial charge in [0.15, 0.2) is 0 Å². The Labute approximate surface area is 137 Å². The lowest BCUT2D eigenvalue weighted by Crippen LogP contribution is -2.09. The highest BCUT2D eigenvalue weighted by Crippen LogP contribution is 2.32. The molecule has 0 amide bonds. The summed E-state index contributed by atoms with van der Waals surface area (Å²) in [5.74, 6) is 1.27. The van der Waals surface area contributed by atoms with Crippen molar-refractivity contribution in [3.63, 3.8) is 0 Å². The summed E-state index contributed by atoms with van der Waals surface area (Å²) in [5.41, 5.74) is 1.90. The first-order valence-electron chi connectivity index (χ1n) is 6.48. The van der Waals surface area contributed by atoms with Crippen LogP contribution in [0.15, 0.2) is 36.4 Å². The van der Waals surface area contributed by atoms with E-state index in [0.29, 0.717) is 0 Å². The Balaban J connectivity index is 2.25. The van der Waals surface area contributed by atoms with Gasteiger partial charge in [-0.25, -0.2) is 4.39 Å². The maximum Gasteiger partial charge on any atom is 0.127 e. The number of nitrogens with one attached hydrogen (secondary N) is 1. The molecule has 5 heteroatoms. The molecule has 0 heterocycles. The summed E-state index contributed by atoms with van der Waals surface area (Å²) in [6, 6.07) is 10.4. The van der Waals surface area contributed by atoms with E-state index < -0.39 is 0 Å². The van der Waals surface area contributed by atoms with E-state index >= 15 is 0 Å². The number of hydrogen-bond acceptors (Lipinski definition) is 3. The van der Waals surface area contributed by atoms with Gasteiger partial charge in [0.05, 0.1) is 20.3 Å². The van der Waals surface area contributed by atoms with Gasteiger partial charge in [0.1, 0.15) is 17.3 Å². The minimum atomic E-state index is -0.236. The minimum absolute atomic E-state index is 0.0184. The van der Waals surface area contributed by atoms with E-state index in [9.17, 15) is 4.39 Å². The molecular weight excluding hydrogens is 384 g/mol. The van der Waals surface area contributed by atoms with E-state index in [2.05, 4.69) is 27.9 Å². The van der Waals surface area contributed by atoms with Gasteiger partial charge in [-0.15, -0.1) is 0 Å². The van der Waals surface area contributed by atoms with Gasteiger partial charge < -0.3 is 14.8 Å². The van der Waals surface area contributed by atoms with Gasteiger partial charge in [0.2, 0.25) is 0 Å². The molecule has 0 bridgehead atoms. The number of hydrogen-bond donors (Lipinski definition) is 1.